The molecule has 0 fully saturated rings. The van der Waals surface area contributed by atoms with E-state index in [9.17, 15) is 9.59 Å². The van der Waals surface area contributed by atoms with Crippen LogP contribution in [0.2, 0.25) is 0 Å². The van der Waals surface area contributed by atoms with Gasteiger partial charge in [-0.2, -0.15) is 10.2 Å². The van der Waals surface area contributed by atoms with Crippen molar-refractivity contribution in [2.75, 3.05) is 11.9 Å². The monoisotopic (exact) mass is 350 g/mol. The number of aryl methyl sites for hydroxylation is 1. The maximum Gasteiger partial charge on any atom is 0.272 e. The SMILES string of the molecule is O=C(Nc1ccccc1)c1cnn2c1CN(C(=O)c1ccn[nH]1)CCC2. The molecule has 0 saturated heterocycles. The van der Waals surface area contributed by atoms with E-state index in [-0.39, 0.29) is 11.8 Å². The first-order valence-electron chi connectivity index (χ1n) is 8.42. The number of fused-ring (bicyclic) bond motifs is 1. The Hall–Kier alpha value is -3.42. The van der Waals surface area contributed by atoms with Crippen LogP contribution in [0.4, 0.5) is 5.69 Å². The number of hydrogen-bond acceptors (Lipinski definition) is 4. The molecule has 2 N–H and O–H groups in total. The summed E-state index contributed by atoms with van der Waals surface area (Å²) in [5, 5.41) is 13.7. The topological polar surface area (TPSA) is 95.9 Å². The number of H-pyrrole nitrogens is 1. The van der Waals surface area contributed by atoms with Crippen LogP contribution < -0.4 is 5.32 Å². The van der Waals surface area contributed by atoms with E-state index in [1.807, 2.05) is 30.3 Å². The van der Waals surface area contributed by atoms with Crippen molar-refractivity contribution in [2.24, 2.45) is 0 Å². The summed E-state index contributed by atoms with van der Waals surface area (Å²) >= 11 is 0. The first kappa shape index (κ1) is 16.1. The van der Waals surface area contributed by atoms with Crippen LogP contribution in [0.15, 0.2) is 48.8 Å². The van der Waals surface area contributed by atoms with E-state index in [0.29, 0.717) is 30.9 Å². The highest BCUT2D eigenvalue weighted by atomic mass is 16.2. The maximum absolute atomic E-state index is 12.7. The van der Waals surface area contributed by atoms with E-state index in [1.54, 1.807) is 28.0 Å². The van der Waals surface area contributed by atoms with Crippen molar-refractivity contribution in [3.8, 4) is 0 Å². The predicted octanol–water partition coefficient (Wildman–Crippen LogP) is 1.90. The first-order chi connectivity index (χ1) is 12.7. The van der Waals surface area contributed by atoms with E-state index in [0.717, 1.165) is 17.8 Å². The first-order valence-corrected chi connectivity index (χ1v) is 8.42. The van der Waals surface area contributed by atoms with Gasteiger partial charge in [-0.15, -0.1) is 0 Å². The molecular formula is C18H18N6O2. The predicted molar refractivity (Wildman–Crippen MR) is 94.6 cm³/mol. The Bertz CT molecular complexity index is 917. The summed E-state index contributed by atoms with van der Waals surface area (Å²) in [7, 11) is 0. The fourth-order valence-electron chi connectivity index (χ4n) is 3.07. The summed E-state index contributed by atoms with van der Waals surface area (Å²) in [6.45, 7) is 1.59. The highest BCUT2D eigenvalue weighted by Gasteiger charge is 2.26. The molecule has 0 spiro atoms. The standard InChI is InChI=1S/C18H18N6O2/c25-17(21-13-5-2-1-3-6-13)14-11-20-24-10-4-9-23(12-16(14)24)18(26)15-7-8-19-22-15/h1-3,5-8,11H,4,9-10,12H2,(H,19,22)(H,21,25). The lowest BCUT2D eigenvalue weighted by atomic mass is 10.2. The van der Waals surface area contributed by atoms with Gasteiger partial charge in [0.15, 0.2) is 0 Å². The Balaban J connectivity index is 1.58. The highest BCUT2D eigenvalue weighted by molar-refractivity contribution is 6.05. The van der Waals surface area contributed by atoms with Gasteiger partial charge in [0.05, 0.1) is 24.0 Å². The second kappa shape index (κ2) is 6.83. The average molecular weight is 350 g/mol. The largest absolute Gasteiger partial charge is 0.331 e. The Labute approximate surface area is 149 Å². The maximum atomic E-state index is 12.7. The number of anilines is 1. The molecule has 2 aromatic heterocycles. The smallest absolute Gasteiger partial charge is 0.272 e. The van der Waals surface area contributed by atoms with E-state index < -0.39 is 0 Å². The van der Waals surface area contributed by atoms with Crippen LogP contribution in [0.3, 0.4) is 0 Å². The van der Waals surface area contributed by atoms with Crippen molar-refractivity contribution >= 4 is 17.5 Å². The zero-order valence-electron chi connectivity index (χ0n) is 14.1. The zero-order valence-corrected chi connectivity index (χ0v) is 14.1. The lowest BCUT2D eigenvalue weighted by Crippen LogP contribution is -2.31. The van der Waals surface area contributed by atoms with E-state index in [1.165, 1.54) is 0 Å². The molecule has 8 heteroatoms. The second-order valence-corrected chi connectivity index (χ2v) is 6.10. The van der Waals surface area contributed by atoms with Crippen LogP contribution in [0.1, 0.15) is 33.0 Å². The Morgan fingerprint density at radius 3 is 2.73 bits per heavy atom. The third-order valence-electron chi connectivity index (χ3n) is 4.38. The number of hydrogen-bond donors (Lipinski definition) is 2. The summed E-state index contributed by atoms with van der Waals surface area (Å²) in [5.74, 6) is -0.361. The lowest BCUT2D eigenvalue weighted by molar-refractivity contribution is 0.0738. The van der Waals surface area contributed by atoms with Gasteiger partial charge in [-0.1, -0.05) is 18.2 Å². The zero-order chi connectivity index (χ0) is 17.9. The molecule has 0 radical (unpaired) electrons. The van der Waals surface area contributed by atoms with Crippen molar-refractivity contribution in [1.29, 1.82) is 0 Å². The minimum atomic E-state index is -0.228. The summed E-state index contributed by atoms with van der Waals surface area (Å²) in [5.41, 5.74) is 2.38. The Morgan fingerprint density at radius 1 is 1.12 bits per heavy atom. The number of carbonyl (C=O) groups excluding carboxylic acids is 2. The van der Waals surface area contributed by atoms with Crippen LogP contribution >= 0.6 is 0 Å². The minimum Gasteiger partial charge on any atom is -0.331 e. The Kier molecular flexibility index (Phi) is 4.22. The van der Waals surface area contributed by atoms with Crippen LogP contribution in [0.5, 0.6) is 0 Å². The highest BCUT2D eigenvalue weighted by Crippen LogP contribution is 2.19. The minimum absolute atomic E-state index is 0.133. The van der Waals surface area contributed by atoms with Crippen molar-refractivity contribution in [1.82, 2.24) is 24.9 Å². The number of benzene rings is 1. The molecule has 4 rings (SSSR count). The number of rotatable bonds is 3. The number of carbonyl (C=O) groups is 2. The van der Waals surface area contributed by atoms with E-state index >= 15 is 0 Å². The van der Waals surface area contributed by atoms with Gasteiger partial charge < -0.3 is 10.2 Å². The van der Waals surface area contributed by atoms with Gasteiger partial charge in [0, 0.05) is 25.0 Å². The molecule has 2 amide bonds. The molecule has 0 unspecified atom stereocenters. The molecule has 132 valence electrons. The molecule has 1 aromatic carbocycles. The van der Waals surface area contributed by atoms with Crippen LogP contribution in [0, 0.1) is 0 Å². The number of nitrogens with zero attached hydrogens (tertiary/aromatic N) is 4. The summed E-state index contributed by atoms with van der Waals surface area (Å²) in [6, 6.07) is 10.9. The van der Waals surface area contributed by atoms with Crippen molar-refractivity contribution < 1.29 is 9.59 Å². The van der Waals surface area contributed by atoms with Crippen LogP contribution in [0.25, 0.3) is 0 Å². The third kappa shape index (κ3) is 3.08. The molecular weight excluding hydrogens is 332 g/mol. The van der Waals surface area contributed by atoms with Gasteiger partial charge in [-0.05, 0) is 24.6 Å². The number of amides is 2. The molecule has 3 heterocycles. The van der Waals surface area contributed by atoms with Gasteiger partial charge >= 0.3 is 0 Å². The summed E-state index contributed by atoms with van der Waals surface area (Å²) in [6.07, 6.45) is 3.89. The van der Waals surface area contributed by atoms with E-state index in [2.05, 4.69) is 20.6 Å². The molecule has 8 nitrogen and oxygen atoms in total. The summed E-state index contributed by atoms with van der Waals surface area (Å²) in [4.78, 5) is 27.0. The molecule has 0 bridgehead atoms. The number of aromatic nitrogens is 4. The molecule has 0 saturated carbocycles. The molecule has 0 atom stereocenters. The van der Waals surface area contributed by atoms with E-state index in [4.69, 9.17) is 0 Å². The van der Waals surface area contributed by atoms with Gasteiger partial charge in [-0.3, -0.25) is 19.4 Å². The Morgan fingerprint density at radius 2 is 1.96 bits per heavy atom. The van der Waals surface area contributed by atoms with Crippen molar-refractivity contribution in [3.63, 3.8) is 0 Å². The fraction of sp³-hybridized carbons (Fsp3) is 0.222. The van der Waals surface area contributed by atoms with Crippen molar-refractivity contribution in [3.05, 3.63) is 65.7 Å². The third-order valence-corrected chi connectivity index (χ3v) is 4.38. The normalized spacial score (nSPS) is 13.8. The van der Waals surface area contributed by atoms with Gasteiger partial charge in [0.1, 0.15) is 5.69 Å². The molecule has 1 aliphatic rings. The number of nitrogens with one attached hydrogen (secondary N) is 2. The van der Waals surface area contributed by atoms with Gasteiger partial charge in [0.2, 0.25) is 0 Å². The number of para-hydroxylation sites is 1. The van der Waals surface area contributed by atoms with Gasteiger partial charge in [0.25, 0.3) is 11.8 Å². The fourth-order valence-corrected chi connectivity index (χ4v) is 3.07. The quantitative estimate of drug-likeness (QED) is 0.754. The number of aromatic amines is 1. The van der Waals surface area contributed by atoms with Crippen LogP contribution in [-0.2, 0) is 13.1 Å². The van der Waals surface area contributed by atoms with Gasteiger partial charge in [-0.25, -0.2) is 0 Å². The average Bonchev–Trinajstić information content (AvgIpc) is 3.28. The molecule has 26 heavy (non-hydrogen) atoms. The molecule has 3 aromatic rings. The van der Waals surface area contributed by atoms with Crippen molar-refractivity contribution in [2.45, 2.75) is 19.5 Å². The lowest BCUT2D eigenvalue weighted by Gasteiger charge is -2.19. The molecule has 1 aliphatic heterocycles. The summed E-state index contributed by atoms with van der Waals surface area (Å²) < 4.78 is 1.81. The van der Waals surface area contributed by atoms with Crippen LogP contribution in [-0.4, -0.2) is 43.2 Å². The second-order valence-electron chi connectivity index (χ2n) is 6.10. The molecule has 0 aliphatic carbocycles.